The maximum Gasteiger partial charge on any atom is 0.411 e. The number of likely N-dealkylation sites (tertiary alicyclic amines) is 1. The summed E-state index contributed by atoms with van der Waals surface area (Å²) in [6.07, 6.45) is 2.04. The van der Waals surface area contributed by atoms with Crippen molar-refractivity contribution in [3.8, 4) is 11.8 Å². The van der Waals surface area contributed by atoms with Crippen molar-refractivity contribution in [2.45, 2.75) is 64.2 Å². The number of carboxylic acids is 1. The molecular formula is C22H27BrN2O5. The summed E-state index contributed by atoms with van der Waals surface area (Å²) in [6.45, 7) is 5.69. The topological polar surface area (TPSA) is 99.9 Å². The zero-order valence-electron chi connectivity index (χ0n) is 17.4. The summed E-state index contributed by atoms with van der Waals surface area (Å²) >= 11 is 3.41. The quantitative estimate of drug-likeness (QED) is 0.682. The van der Waals surface area contributed by atoms with Gasteiger partial charge in [-0.25, -0.2) is 9.59 Å². The number of piperidine rings is 1. The number of aliphatic carboxylic acids is 1. The van der Waals surface area contributed by atoms with Crippen LogP contribution in [0.4, 0.5) is 4.79 Å². The second-order valence-electron chi connectivity index (χ2n) is 9.05. The fourth-order valence-corrected chi connectivity index (χ4v) is 4.68. The van der Waals surface area contributed by atoms with E-state index in [1.54, 1.807) is 39.0 Å². The number of nitrogens with zero attached hydrogens (tertiary/aromatic N) is 2. The van der Waals surface area contributed by atoms with Gasteiger partial charge in [-0.1, -0.05) is 15.9 Å². The third kappa shape index (κ3) is 5.25. The molecule has 1 heterocycles. The smallest absolute Gasteiger partial charge is 0.411 e. The molecule has 1 aliphatic carbocycles. The minimum Gasteiger partial charge on any atom is -0.489 e. The van der Waals surface area contributed by atoms with Gasteiger partial charge in [-0.05, 0) is 76.5 Å². The first-order chi connectivity index (χ1) is 14.1. The Balaban J connectivity index is 1.70. The summed E-state index contributed by atoms with van der Waals surface area (Å²) in [6, 6.07) is 6.54. The fraction of sp³-hybridized carbons (Fsp3) is 0.591. The molecule has 1 aromatic rings. The van der Waals surface area contributed by atoms with Gasteiger partial charge in [0, 0.05) is 11.0 Å². The van der Waals surface area contributed by atoms with Crippen LogP contribution >= 0.6 is 15.9 Å². The Labute approximate surface area is 185 Å². The van der Waals surface area contributed by atoms with Gasteiger partial charge in [0.25, 0.3) is 0 Å². The SMILES string of the molecule is CC(C)(C)OC(=O)N1C[C@@H]2CC[C@H](Oc3cc(Br)ccc3C#N)C[C@@H]2C[C@H]1C(=O)O. The molecule has 1 amide bonds. The van der Waals surface area contributed by atoms with Gasteiger partial charge < -0.3 is 14.6 Å². The average Bonchev–Trinajstić information content (AvgIpc) is 2.65. The van der Waals surface area contributed by atoms with Crippen molar-refractivity contribution in [3.63, 3.8) is 0 Å². The van der Waals surface area contributed by atoms with E-state index >= 15 is 0 Å². The molecule has 1 aromatic carbocycles. The molecule has 1 saturated carbocycles. The summed E-state index contributed by atoms with van der Waals surface area (Å²) in [7, 11) is 0. The van der Waals surface area contributed by atoms with Crippen molar-refractivity contribution < 1.29 is 24.2 Å². The molecule has 8 heteroatoms. The number of nitriles is 1. The number of fused-ring (bicyclic) bond motifs is 1. The second kappa shape index (κ2) is 8.84. The first kappa shape index (κ1) is 22.4. The Bertz CT molecular complexity index is 860. The zero-order valence-corrected chi connectivity index (χ0v) is 19.0. The Morgan fingerprint density at radius 1 is 1.23 bits per heavy atom. The largest absolute Gasteiger partial charge is 0.489 e. The Morgan fingerprint density at radius 3 is 2.60 bits per heavy atom. The number of rotatable bonds is 3. The lowest BCUT2D eigenvalue weighted by Gasteiger charge is -2.46. The zero-order chi connectivity index (χ0) is 22.1. The predicted octanol–water partition coefficient (Wildman–Crippen LogP) is 4.58. The van der Waals surface area contributed by atoms with Crippen LogP contribution in [0.2, 0.25) is 0 Å². The van der Waals surface area contributed by atoms with Gasteiger partial charge in [-0.3, -0.25) is 4.90 Å². The van der Waals surface area contributed by atoms with Crippen molar-refractivity contribution in [1.29, 1.82) is 5.26 Å². The van der Waals surface area contributed by atoms with E-state index in [2.05, 4.69) is 22.0 Å². The normalized spacial score (nSPS) is 26.3. The number of amides is 1. The molecular weight excluding hydrogens is 452 g/mol. The van der Waals surface area contributed by atoms with Crippen LogP contribution in [0.25, 0.3) is 0 Å². The molecule has 0 aromatic heterocycles. The summed E-state index contributed by atoms with van der Waals surface area (Å²) in [5, 5.41) is 19.0. The molecule has 4 atom stereocenters. The van der Waals surface area contributed by atoms with Crippen molar-refractivity contribution in [3.05, 3.63) is 28.2 Å². The molecule has 2 fully saturated rings. The van der Waals surface area contributed by atoms with E-state index in [4.69, 9.17) is 9.47 Å². The van der Waals surface area contributed by atoms with E-state index in [0.717, 1.165) is 17.3 Å². The van der Waals surface area contributed by atoms with E-state index in [0.29, 0.717) is 30.7 Å². The van der Waals surface area contributed by atoms with Crippen LogP contribution in [0.15, 0.2) is 22.7 Å². The van der Waals surface area contributed by atoms with Gasteiger partial charge in [0.15, 0.2) is 0 Å². The Hall–Kier alpha value is -2.27. The second-order valence-corrected chi connectivity index (χ2v) is 9.96. The van der Waals surface area contributed by atoms with Gasteiger partial charge in [-0.15, -0.1) is 0 Å². The summed E-state index contributed by atoms with van der Waals surface area (Å²) in [4.78, 5) is 25.8. The first-order valence-electron chi connectivity index (χ1n) is 10.2. The van der Waals surface area contributed by atoms with E-state index in [-0.39, 0.29) is 17.9 Å². The van der Waals surface area contributed by atoms with E-state index in [1.807, 2.05) is 0 Å². The number of hydrogen-bond acceptors (Lipinski definition) is 5. The maximum atomic E-state index is 12.6. The van der Waals surface area contributed by atoms with Crippen LogP contribution in [0.5, 0.6) is 5.75 Å². The highest BCUT2D eigenvalue weighted by Gasteiger charge is 2.45. The van der Waals surface area contributed by atoms with E-state index in [1.165, 1.54) is 4.90 Å². The average molecular weight is 479 g/mol. The maximum absolute atomic E-state index is 12.6. The summed E-state index contributed by atoms with van der Waals surface area (Å²) < 4.78 is 12.4. The van der Waals surface area contributed by atoms with E-state index in [9.17, 15) is 20.0 Å². The van der Waals surface area contributed by atoms with Gasteiger partial charge in [-0.2, -0.15) is 5.26 Å². The van der Waals surface area contributed by atoms with Gasteiger partial charge >= 0.3 is 12.1 Å². The molecule has 0 bridgehead atoms. The number of carbonyl (C=O) groups is 2. The molecule has 30 heavy (non-hydrogen) atoms. The minimum atomic E-state index is -1.01. The van der Waals surface area contributed by atoms with E-state index < -0.39 is 23.7 Å². The lowest BCUT2D eigenvalue weighted by Crippen LogP contribution is -2.56. The molecule has 1 N–H and O–H groups in total. The minimum absolute atomic E-state index is 0.0878. The lowest BCUT2D eigenvalue weighted by molar-refractivity contribution is -0.147. The molecule has 1 aliphatic heterocycles. The highest BCUT2D eigenvalue weighted by molar-refractivity contribution is 9.10. The molecule has 0 unspecified atom stereocenters. The molecule has 162 valence electrons. The monoisotopic (exact) mass is 478 g/mol. The molecule has 7 nitrogen and oxygen atoms in total. The van der Waals surface area contributed by atoms with Crippen LogP contribution in [0.3, 0.4) is 0 Å². The molecule has 0 radical (unpaired) electrons. The lowest BCUT2D eigenvalue weighted by atomic mass is 9.72. The number of carbonyl (C=O) groups excluding carboxylic acids is 1. The fourth-order valence-electron chi connectivity index (χ4n) is 4.34. The highest BCUT2D eigenvalue weighted by Crippen LogP contribution is 2.41. The van der Waals surface area contributed by atoms with Crippen molar-refractivity contribution >= 4 is 28.0 Å². The predicted molar refractivity (Wildman–Crippen MR) is 113 cm³/mol. The molecule has 2 aliphatic rings. The Morgan fingerprint density at radius 2 is 1.97 bits per heavy atom. The number of hydrogen-bond donors (Lipinski definition) is 1. The van der Waals surface area contributed by atoms with Crippen LogP contribution in [0, 0.1) is 23.2 Å². The van der Waals surface area contributed by atoms with Gasteiger partial charge in [0.2, 0.25) is 0 Å². The number of benzene rings is 1. The standard InChI is InChI=1S/C22H27BrN2O5/c1-22(2,3)30-21(28)25-12-14-5-7-17(8-15(14)9-18(25)20(26)27)29-19-10-16(23)6-4-13(19)11-24/h4,6,10,14-15,17-18H,5,7-9,12H2,1-3H3,(H,26,27)/t14-,15+,17-,18-/m0/s1. The first-order valence-corrected chi connectivity index (χ1v) is 11.0. The van der Waals surface area contributed by atoms with Crippen LogP contribution < -0.4 is 4.74 Å². The summed E-state index contributed by atoms with van der Waals surface area (Å²) in [5.74, 6) is -0.121. The Kier molecular flexibility index (Phi) is 6.61. The number of carboxylic acid groups (broad SMARTS) is 1. The molecule has 1 saturated heterocycles. The van der Waals surface area contributed by atoms with Gasteiger partial charge in [0.1, 0.15) is 23.5 Å². The third-order valence-corrected chi connectivity index (χ3v) is 6.19. The van der Waals surface area contributed by atoms with Gasteiger partial charge in [0.05, 0.1) is 11.7 Å². The third-order valence-electron chi connectivity index (χ3n) is 5.70. The van der Waals surface area contributed by atoms with Crippen LogP contribution in [-0.2, 0) is 9.53 Å². The van der Waals surface area contributed by atoms with Crippen LogP contribution in [-0.4, -0.2) is 46.4 Å². The van der Waals surface area contributed by atoms with Crippen LogP contribution in [0.1, 0.15) is 52.0 Å². The molecule has 0 spiro atoms. The van der Waals surface area contributed by atoms with Crippen molar-refractivity contribution in [2.24, 2.45) is 11.8 Å². The highest BCUT2D eigenvalue weighted by atomic mass is 79.9. The van der Waals surface area contributed by atoms with Crippen molar-refractivity contribution in [1.82, 2.24) is 4.90 Å². The molecule has 3 rings (SSSR count). The number of halogens is 1. The number of ether oxygens (including phenoxy) is 2. The van der Waals surface area contributed by atoms with Crippen molar-refractivity contribution in [2.75, 3.05) is 6.54 Å². The summed E-state index contributed by atoms with van der Waals surface area (Å²) in [5.41, 5.74) is -0.200.